The zero-order valence-electron chi connectivity index (χ0n) is 14.3. The Balaban J connectivity index is 2.13. The van der Waals surface area contributed by atoms with Gasteiger partial charge in [-0.25, -0.2) is 9.59 Å². The van der Waals surface area contributed by atoms with Gasteiger partial charge in [-0.15, -0.1) is 0 Å². The first-order valence-corrected chi connectivity index (χ1v) is 7.77. The molecule has 0 bridgehead atoms. The van der Waals surface area contributed by atoms with Crippen molar-refractivity contribution in [1.29, 1.82) is 0 Å². The fourth-order valence-corrected chi connectivity index (χ4v) is 2.37. The number of nitrogens with one attached hydrogen (secondary N) is 1. The lowest BCUT2D eigenvalue weighted by Gasteiger charge is -2.14. The molecule has 0 heterocycles. The lowest BCUT2D eigenvalue weighted by Crippen LogP contribution is -2.25. The number of aryl methyl sites for hydroxylation is 2. The van der Waals surface area contributed by atoms with E-state index >= 15 is 0 Å². The van der Waals surface area contributed by atoms with Crippen LogP contribution in [0.3, 0.4) is 0 Å². The Labute approximate surface area is 146 Å². The number of carbonyl (C=O) groups is 3. The molecule has 0 aliphatic heterocycles. The normalized spacial score (nSPS) is 11.5. The van der Waals surface area contributed by atoms with E-state index in [4.69, 9.17) is 10.5 Å². The van der Waals surface area contributed by atoms with Crippen molar-refractivity contribution in [2.75, 3.05) is 5.32 Å². The van der Waals surface area contributed by atoms with E-state index in [1.54, 1.807) is 18.2 Å². The minimum atomic E-state index is -0.930. The predicted molar refractivity (Wildman–Crippen MR) is 94.8 cm³/mol. The second-order valence-electron chi connectivity index (χ2n) is 5.80. The van der Waals surface area contributed by atoms with Crippen LogP contribution in [-0.4, -0.2) is 23.9 Å². The van der Waals surface area contributed by atoms with Crippen molar-refractivity contribution in [3.8, 4) is 0 Å². The molecule has 0 aliphatic rings. The number of nitrogens with two attached hydrogens (primary N) is 1. The third-order valence-corrected chi connectivity index (χ3v) is 3.68. The minimum absolute atomic E-state index is 0.215. The summed E-state index contributed by atoms with van der Waals surface area (Å²) in [6, 6.07) is 11.0. The first kappa shape index (κ1) is 18.2. The molecule has 0 unspecified atom stereocenters. The molecule has 6 nitrogen and oxygen atoms in total. The van der Waals surface area contributed by atoms with Crippen LogP contribution < -0.4 is 11.1 Å². The lowest BCUT2D eigenvalue weighted by atomic mass is 9.99. The number of ether oxygens (including phenoxy) is 1. The molecule has 0 saturated carbocycles. The van der Waals surface area contributed by atoms with Crippen LogP contribution in [-0.2, 0) is 4.74 Å². The van der Waals surface area contributed by atoms with Crippen molar-refractivity contribution < 1.29 is 19.1 Å². The Morgan fingerprint density at radius 1 is 1.08 bits per heavy atom. The molecule has 0 aliphatic carbocycles. The number of carbonyl (C=O) groups excluding carboxylic acids is 3. The first-order valence-electron chi connectivity index (χ1n) is 7.77. The lowest BCUT2D eigenvalue weighted by molar-refractivity contribution is 0.0318. The molecule has 2 rings (SSSR count). The summed E-state index contributed by atoms with van der Waals surface area (Å²) in [6.07, 6.45) is -0.930. The SMILES string of the molecule is Cc1ccc(C)c(C(=O)[C@@H](C)OC(=O)c2cccc(NC(N)=O)c2)c1. The predicted octanol–water partition coefficient (Wildman–Crippen LogP) is 3.22. The molecule has 6 heteroatoms. The zero-order chi connectivity index (χ0) is 18.6. The van der Waals surface area contributed by atoms with E-state index in [1.807, 2.05) is 26.0 Å². The number of urea groups is 1. The smallest absolute Gasteiger partial charge is 0.338 e. The van der Waals surface area contributed by atoms with Crippen LogP contribution >= 0.6 is 0 Å². The molecule has 130 valence electrons. The van der Waals surface area contributed by atoms with Gasteiger partial charge in [-0.3, -0.25) is 4.79 Å². The summed E-state index contributed by atoms with van der Waals surface area (Å²) in [5.41, 5.74) is 7.95. The number of benzene rings is 2. The van der Waals surface area contributed by atoms with Gasteiger partial charge in [-0.05, 0) is 50.6 Å². The van der Waals surface area contributed by atoms with Gasteiger partial charge in [-0.2, -0.15) is 0 Å². The number of Topliss-reactive ketones (excluding diaryl/α,β-unsaturated/α-hetero) is 1. The van der Waals surface area contributed by atoms with Crippen molar-refractivity contribution in [3.63, 3.8) is 0 Å². The van der Waals surface area contributed by atoms with E-state index in [1.165, 1.54) is 19.1 Å². The standard InChI is InChI=1S/C19H20N2O4/c1-11-7-8-12(2)16(9-11)17(22)13(3)25-18(23)14-5-4-6-15(10-14)21-19(20)24/h4-10,13H,1-3H3,(H3,20,21,24)/t13-/m1/s1. The number of hydrogen-bond donors (Lipinski definition) is 2. The Morgan fingerprint density at radius 2 is 1.80 bits per heavy atom. The Hall–Kier alpha value is -3.15. The highest BCUT2D eigenvalue weighted by atomic mass is 16.5. The highest BCUT2D eigenvalue weighted by molar-refractivity contribution is 6.02. The molecule has 0 spiro atoms. The summed E-state index contributed by atoms with van der Waals surface area (Å²) in [6.45, 7) is 5.26. The molecule has 2 amide bonds. The summed E-state index contributed by atoms with van der Waals surface area (Å²) in [4.78, 5) is 35.7. The van der Waals surface area contributed by atoms with Gasteiger partial charge in [0.05, 0.1) is 5.56 Å². The average Bonchev–Trinajstić information content (AvgIpc) is 2.56. The molecule has 1 atom stereocenters. The van der Waals surface area contributed by atoms with E-state index < -0.39 is 18.1 Å². The third-order valence-electron chi connectivity index (χ3n) is 3.68. The topological polar surface area (TPSA) is 98.5 Å². The van der Waals surface area contributed by atoms with E-state index in [0.717, 1.165) is 11.1 Å². The van der Waals surface area contributed by atoms with Gasteiger partial charge in [0, 0.05) is 11.3 Å². The van der Waals surface area contributed by atoms with Crippen molar-refractivity contribution in [3.05, 3.63) is 64.7 Å². The van der Waals surface area contributed by atoms with Crippen LogP contribution in [0, 0.1) is 13.8 Å². The number of ketones is 1. The van der Waals surface area contributed by atoms with E-state index in [9.17, 15) is 14.4 Å². The molecule has 3 N–H and O–H groups in total. The Kier molecular flexibility index (Phi) is 5.54. The van der Waals surface area contributed by atoms with E-state index in [0.29, 0.717) is 11.3 Å². The summed E-state index contributed by atoms with van der Waals surface area (Å²) in [5.74, 6) is -0.916. The maximum Gasteiger partial charge on any atom is 0.338 e. The third kappa shape index (κ3) is 4.67. The number of anilines is 1. The largest absolute Gasteiger partial charge is 0.451 e. The monoisotopic (exact) mass is 340 g/mol. The quantitative estimate of drug-likeness (QED) is 0.645. The second kappa shape index (κ2) is 7.61. The summed E-state index contributed by atoms with van der Waals surface area (Å²) < 4.78 is 5.28. The molecule has 0 aromatic heterocycles. The maximum absolute atomic E-state index is 12.5. The second-order valence-corrected chi connectivity index (χ2v) is 5.80. The van der Waals surface area contributed by atoms with Crippen molar-refractivity contribution in [1.82, 2.24) is 0 Å². The molecule has 2 aromatic rings. The van der Waals surface area contributed by atoms with Crippen molar-refractivity contribution in [2.45, 2.75) is 26.9 Å². The van der Waals surface area contributed by atoms with Crippen LogP contribution in [0.15, 0.2) is 42.5 Å². The van der Waals surface area contributed by atoms with Gasteiger partial charge >= 0.3 is 12.0 Å². The van der Waals surface area contributed by atoms with Gasteiger partial charge in [0.25, 0.3) is 0 Å². The van der Waals surface area contributed by atoms with Crippen LogP contribution in [0.4, 0.5) is 10.5 Å². The highest BCUT2D eigenvalue weighted by Crippen LogP contribution is 2.16. The molecular weight excluding hydrogens is 320 g/mol. The molecule has 2 aromatic carbocycles. The van der Waals surface area contributed by atoms with Gasteiger partial charge < -0.3 is 15.8 Å². The van der Waals surface area contributed by atoms with Gasteiger partial charge in [0.15, 0.2) is 6.10 Å². The van der Waals surface area contributed by atoms with Gasteiger partial charge in [0.2, 0.25) is 5.78 Å². The molecule has 0 saturated heterocycles. The fourth-order valence-electron chi connectivity index (χ4n) is 2.37. The van der Waals surface area contributed by atoms with Crippen LogP contribution in [0.1, 0.15) is 38.8 Å². The zero-order valence-corrected chi connectivity index (χ0v) is 14.3. The van der Waals surface area contributed by atoms with Crippen LogP contribution in [0.5, 0.6) is 0 Å². The average molecular weight is 340 g/mol. The number of hydrogen-bond acceptors (Lipinski definition) is 4. The first-order chi connectivity index (χ1) is 11.8. The maximum atomic E-state index is 12.5. The molecule has 0 radical (unpaired) electrons. The van der Waals surface area contributed by atoms with Crippen LogP contribution in [0.2, 0.25) is 0 Å². The molecule has 0 fully saturated rings. The van der Waals surface area contributed by atoms with E-state index in [2.05, 4.69) is 5.32 Å². The van der Waals surface area contributed by atoms with Crippen molar-refractivity contribution in [2.24, 2.45) is 5.73 Å². The number of esters is 1. The number of rotatable bonds is 5. The number of amides is 2. The van der Waals surface area contributed by atoms with Gasteiger partial charge in [-0.1, -0.05) is 23.8 Å². The minimum Gasteiger partial charge on any atom is -0.451 e. The van der Waals surface area contributed by atoms with Gasteiger partial charge in [0.1, 0.15) is 0 Å². The summed E-state index contributed by atoms with van der Waals surface area (Å²) in [5, 5.41) is 2.38. The summed E-state index contributed by atoms with van der Waals surface area (Å²) >= 11 is 0. The number of primary amides is 1. The summed E-state index contributed by atoms with van der Waals surface area (Å²) in [7, 11) is 0. The fraction of sp³-hybridized carbons (Fsp3) is 0.211. The molecule has 25 heavy (non-hydrogen) atoms. The van der Waals surface area contributed by atoms with Crippen molar-refractivity contribution >= 4 is 23.5 Å². The van der Waals surface area contributed by atoms with E-state index in [-0.39, 0.29) is 11.3 Å². The Morgan fingerprint density at radius 3 is 2.48 bits per heavy atom. The highest BCUT2D eigenvalue weighted by Gasteiger charge is 2.22. The molecular formula is C19H20N2O4. The van der Waals surface area contributed by atoms with Crippen LogP contribution in [0.25, 0.3) is 0 Å². The Bertz CT molecular complexity index is 830.